The van der Waals surface area contributed by atoms with Gasteiger partial charge in [-0.05, 0) is 46.9 Å². The highest BCUT2D eigenvalue weighted by Crippen LogP contribution is 2.44. The topological polar surface area (TPSA) is 66.8 Å². The number of ether oxygens (including phenoxy) is 1. The third-order valence-electron chi connectivity index (χ3n) is 6.44. The molecule has 1 aliphatic carbocycles. The van der Waals surface area contributed by atoms with Gasteiger partial charge >= 0.3 is 12.1 Å². The minimum Gasteiger partial charge on any atom is -0.480 e. The third kappa shape index (κ3) is 3.61. The van der Waals surface area contributed by atoms with Crippen molar-refractivity contribution in [2.75, 3.05) is 13.2 Å². The molecule has 2 aliphatic rings. The van der Waals surface area contributed by atoms with Gasteiger partial charge in [0.15, 0.2) is 0 Å². The minimum absolute atomic E-state index is 0.0252. The molecule has 1 fully saturated rings. The summed E-state index contributed by atoms with van der Waals surface area (Å²) in [5.74, 6) is -0.262. The van der Waals surface area contributed by atoms with E-state index < -0.39 is 18.1 Å². The van der Waals surface area contributed by atoms with Crippen LogP contribution >= 0.6 is 0 Å². The largest absolute Gasteiger partial charge is 0.480 e. The van der Waals surface area contributed by atoms with Gasteiger partial charge in [0.2, 0.25) is 0 Å². The molecule has 2 aromatic carbocycles. The van der Waals surface area contributed by atoms with Crippen molar-refractivity contribution in [2.45, 2.75) is 38.6 Å². The number of hydrogen-bond donors (Lipinski definition) is 1. The summed E-state index contributed by atoms with van der Waals surface area (Å²) < 4.78 is 5.68. The summed E-state index contributed by atoms with van der Waals surface area (Å²) in [5.41, 5.74) is 4.64. The molecule has 0 spiro atoms. The van der Waals surface area contributed by atoms with Crippen molar-refractivity contribution in [3.63, 3.8) is 0 Å². The second kappa shape index (κ2) is 7.90. The van der Waals surface area contributed by atoms with Gasteiger partial charge < -0.3 is 9.84 Å². The number of carbonyl (C=O) groups excluding carboxylic acids is 1. The molecule has 1 aliphatic heterocycles. The molecule has 29 heavy (non-hydrogen) atoms. The number of hydrogen-bond acceptors (Lipinski definition) is 3. The molecule has 152 valence electrons. The SMILES string of the molecule is CC(C)C1CCN(C(=O)OCC2c3ccccc3-c3ccccc32)C(C(=O)O)C1. The van der Waals surface area contributed by atoms with Gasteiger partial charge in [0.25, 0.3) is 0 Å². The highest BCUT2D eigenvalue weighted by atomic mass is 16.6. The van der Waals surface area contributed by atoms with E-state index in [1.54, 1.807) is 0 Å². The molecule has 0 bridgehead atoms. The van der Waals surface area contributed by atoms with Crippen LogP contribution in [-0.2, 0) is 9.53 Å². The lowest BCUT2D eigenvalue weighted by Gasteiger charge is -2.38. The van der Waals surface area contributed by atoms with E-state index in [9.17, 15) is 14.7 Å². The van der Waals surface area contributed by atoms with E-state index in [0.717, 1.165) is 17.5 Å². The zero-order valence-electron chi connectivity index (χ0n) is 16.9. The Bertz CT molecular complexity index is 877. The van der Waals surface area contributed by atoms with Gasteiger partial charge in [-0.15, -0.1) is 0 Å². The van der Waals surface area contributed by atoms with Crippen molar-refractivity contribution in [3.05, 3.63) is 59.7 Å². The normalized spacial score (nSPS) is 21.0. The van der Waals surface area contributed by atoms with Crippen LogP contribution in [0.25, 0.3) is 11.1 Å². The minimum atomic E-state index is -0.955. The Morgan fingerprint density at radius 1 is 1.07 bits per heavy atom. The average molecular weight is 393 g/mol. The summed E-state index contributed by atoms with van der Waals surface area (Å²) in [7, 11) is 0. The maximum absolute atomic E-state index is 12.8. The highest BCUT2D eigenvalue weighted by molar-refractivity contribution is 5.81. The standard InChI is InChI=1S/C24H27NO4/c1-15(2)16-11-12-25(22(13-16)23(26)27)24(28)29-14-21-19-9-5-3-7-17(19)18-8-4-6-10-20(18)21/h3-10,15-16,21-22H,11-14H2,1-2H3,(H,26,27). The van der Waals surface area contributed by atoms with Crippen molar-refractivity contribution in [3.8, 4) is 11.1 Å². The van der Waals surface area contributed by atoms with E-state index in [1.807, 2.05) is 24.3 Å². The van der Waals surface area contributed by atoms with Crippen molar-refractivity contribution >= 4 is 12.1 Å². The van der Waals surface area contributed by atoms with Gasteiger partial charge in [0.1, 0.15) is 12.6 Å². The van der Waals surface area contributed by atoms with E-state index in [-0.39, 0.29) is 12.5 Å². The number of carboxylic acids is 1. The Morgan fingerprint density at radius 2 is 1.66 bits per heavy atom. The number of carboxylic acid groups (broad SMARTS) is 1. The molecule has 0 aromatic heterocycles. The summed E-state index contributed by atoms with van der Waals surface area (Å²) in [6.07, 6.45) is 0.768. The first-order chi connectivity index (χ1) is 14.0. The number of carbonyl (C=O) groups is 2. The lowest BCUT2D eigenvalue weighted by Crippen LogP contribution is -2.51. The van der Waals surface area contributed by atoms with Gasteiger partial charge in [0, 0.05) is 12.5 Å². The molecule has 2 unspecified atom stereocenters. The Labute approximate surface area is 171 Å². The predicted molar refractivity (Wildman–Crippen MR) is 111 cm³/mol. The molecule has 2 atom stereocenters. The first kappa shape index (κ1) is 19.5. The Balaban J connectivity index is 1.49. The molecule has 0 radical (unpaired) electrons. The van der Waals surface area contributed by atoms with E-state index in [4.69, 9.17) is 4.74 Å². The number of aliphatic carboxylic acids is 1. The number of amides is 1. The molecule has 4 rings (SSSR count). The monoisotopic (exact) mass is 393 g/mol. The fraction of sp³-hybridized carbons (Fsp3) is 0.417. The van der Waals surface area contributed by atoms with Crippen LogP contribution in [0.3, 0.4) is 0 Å². The Kier molecular flexibility index (Phi) is 5.31. The third-order valence-corrected chi connectivity index (χ3v) is 6.44. The zero-order valence-corrected chi connectivity index (χ0v) is 16.9. The summed E-state index contributed by atoms with van der Waals surface area (Å²) in [6, 6.07) is 15.5. The smallest absolute Gasteiger partial charge is 0.410 e. The number of piperidine rings is 1. The molecule has 0 saturated carbocycles. The molecule has 1 heterocycles. The predicted octanol–water partition coefficient (Wildman–Crippen LogP) is 4.76. The molecule has 5 nitrogen and oxygen atoms in total. The first-order valence-corrected chi connectivity index (χ1v) is 10.3. The maximum atomic E-state index is 12.8. The lowest BCUT2D eigenvalue weighted by atomic mass is 9.83. The van der Waals surface area contributed by atoms with Gasteiger partial charge in [-0.1, -0.05) is 62.4 Å². The number of likely N-dealkylation sites (tertiary alicyclic amines) is 1. The molecule has 5 heteroatoms. The number of nitrogens with zero attached hydrogens (tertiary/aromatic N) is 1. The quantitative estimate of drug-likeness (QED) is 0.813. The molecule has 1 amide bonds. The summed E-state index contributed by atoms with van der Waals surface area (Å²) in [4.78, 5) is 26.0. The van der Waals surface area contributed by atoms with E-state index in [2.05, 4.69) is 38.1 Å². The Hall–Kier alpha value is -2.82. The van der Waals surface area contributed by atoms with Gasteiger partial charge in [-0.2, -0.15) is 0 Å². The lowest BCUT2D eigenvalue weighted by molar-refractivity contribution is -0.145. The van der Waals surface area contributed by atoms with Gasteiger partial charge in [-0.25, -0.2) is 9.59 Å². The van der Waals surface area contributed by atoms with Crippen molar-refractivity contribution in [1.29, 1.82) is 0 Å². The second-order valence-electron chi connectivity index (χ2n) is 8.38. The highest BCUT2D eigenvalue weighted by Gasteiger charge is 2.38. The zero-order chi connectivity index (χ0) is 20.5. The van der Waals surface area contributed by atoms with Crippen LogP contribution < -0.4 is 0 Å². The van der Waals surface area contributed by atoms with Crippen LogP contribution in [0.2, 0.25) is 0 Å². The number of fused-ring (bicyclic) bond motifs is 3. The fourth-order valence-corrected chi connectivity index (χ4v) is 4.73. The number of benzene rings is 2. The summed E-state index contributed by atoms with van der Waals surface area (Å²) >= 11 is 0. The van der Waals surface area contributed by atoms with E-state index >= 15 is 0 Å². The molecule has 1 N–H and O–H groups in total. The van der Waals surface area contributed by atoms with E-state index in [1.165, 1.54) is 16.0 Å². The Morgan fingerprint density at radius 3 is 2.21 bits per heavy atom. The first-order valence-electron chi connectivity index (χ1n) is 10.3. The van der Waals surface area contributed by atoms with Crippen molar-refractivity contribution in [2.24, 2.45) is 11.8 Å². The van der Waals surface area contributed by atoms with Crippen molar-refractivity contribution in [1.82, 2.24) is 4.90 Å². The van der Waals surface area contributed by atoms with E-state index in [0.29, 0.717) is 24.8 Å². The van der Waals surface area contributed by atoms with Crippen LogP contribution in [0.5, 0.6) is 0 Å². The van der Waals surface area contributed by atoms with Gasteiger partial charge in [-0.3, -0.25) is 4.90 Å². The maximum Gasteiger partial charge on any atom is 0.410 e. The second-order valence-corrected chi connectivity index (χ2v) is 8.38. The molecular formula is C24H27NO4. The van der Waals surface area contributed by atoms with Crippen LogP contribution in [0.15, 0.2) is 48.5 Å². The number of rotatable bonds is 4. The van der Waals surface area contributed by atoms with Crippen LogP contribution in [0.1, 0.15) is 43.7 Å². The summed E-state index contributed by atoms with van der Waals surface area (Å²) in [5, 5.41) is 9.65. The summed E-state index contributed by atoms with van der Waals surface area (Å²) in [6.45, 7) is 4.85. The molecular weight excluding hydrogens is 366 g/mol. The van der Waals surface area contributed by atoms with Crippen LogP contribution in [-0.4, -0.2) is 41.3 Å². The molecule has 1 saturated heterocycles. The van der Waals surface area contributed by atoms with Gasteiger partial charge in [0.05, 0.1) is 0 Å². The average Bonchev–Trinajstić information content (AvgIpc) is 3.05. The van der Waals surface area contributed by atoms with Crippen LogP contribution in [0.4, 0.5) is 4.79 Å². The molecule has 2 aromatic rings. The fourth-order valence-electron chi connectivity index (χ4n) is 4.73. The van der Waals surface area contributed by atoms with Crippen molar-refractivity contribution < 1.29 is 19.4 Å². The van der Waals surface area contributed by atoms with Crippen LogP contribution in [0, 0.1) is 11.8 Å².